The monoisotopic (exact) mass is 606 g/mol. The van der Waals surface area contributed by atoms with E-state index >= 15 is 0 Å². The van der Waals surface area contributed by atoms with Gasteiger partial charge in [0.25, 0.3) is 0 Å². The molecule has 0 aliphatic heterocycles. The highest BCUT2D eigenvalue weighted by molar-refractivity contribution is 9.10. The van der Waals surface area contributed by atoms with Crippen molar-refractivity contribution in [2.45, 2.75) is 12.8 Å². The van der Waals surface area contributed by atoms with Crippen molar-refractivity contribution in [3.8, 4) is 11.5 Å². The standard InChI is InChI=1S/C14H12BrClO.C13H10BrClO/c1-17-13-5-2-10(3-6-13)8-11-9-12(15)4-7-14(11)16;14-11-3-6-13(15)10(8-11)7-9-1-4-12(16)5-2-9/h2-7,9H,8H2,1H3;1-6,8,16H,7H2. The second kappa shape index (κ2) is 12.5. The van der Waals surface area contributed by atoms with Gasteiger partial charge in [-0.3, -0.25) is 0 Å². The molecule has 0 spiro atoms. The van der Waals surface area contributed by atoms with E-state index in [1.165, 1.54) is 5.56 Å². The Balaban J connectivity index is 0.000000186. The first kappa shape index (κ1) is 25.6. The molecule has 0 atom stereocenters. The summed E-state index contributed by atoms with van der Waals surface area (Å²) in [7, 11) is 1.67. The Labute approximate surface area is 221 Å². The van der Waals surface area contributed by atoms with E-state index in [0.29, 0.717) is 0 Å². The molecule has 0 bridgehead atoms. The molecule has 4 aromatic rings. The number of halogens is 4. The summed E-state index contributed by atoms with van der Waals surface area (Å²) in [5.41, 5.74) is 4.52. The summed E-state index contributed by atoms with van der Waals surface area (Å²) in [6.45, 7) is 0. The molecule has 0 aliphatic rings. The largest absolute Gasteiger partial charge is 0.508 e. The molecule has 0 fully saturated rings. The highest BCUT2D eigenvalue weighted by Crippen LogP contribution is 2.25. The van der Waals surface area contributed by atoms with E-state index in [1.54, 1.807) is 19.2 Å². The number of aromatic hydroxyl groups is 1. The summed E-state index contributed by atoms with van der Waals surface area (Å²) in [5, 5.41) is 10.7. The van der Waals surface area contributed by atoms with Gasteiger partial charge in [0.1, 0.15) is 11.5 Å². The van der Waals surface area contributed by atoms with Gasteiger partial charge >= 0.3 is 0 Å². The van der Waals surface area contributed by atoms with Crippen LogP contribution in [0.1, 0.15) is 22.3 Å². The van der Waals surface area contributed by atoms with Crippen molar-refractivity contribution < 1.29 is 9.84 Å². The van der Waals surface area contributed by atoms with E-state index in [0.717, 1.165) is 54.3 Å². The van der Waals surface area contributed by atoms with E-state index in [4.69, 9.17) is 27.9 Å². The summed E-state index contributed by atoms with van der Waals surface area (Å²) in [4.78, 5) is 0. The van der Waals surface area contributed by atoms with Crippen molar-refractivity contribution >= 4 is 55.1 Å². The first-order chi connectivity index (χ1) is 15.8. The lowest BCUT2D eigenvalue weighted by molar-refractivity contribution is 0.414. The van der Waals surface area contributed by atoms with Crippen LogP contribution >= 0.6 is 55.1 Å². The lowest BCUT2D eigenvalue weighted by Gasteiger charge is -2.06. The first-order valence-electron chi connectivity index (χ1n) is 10.1. The van der Waals surface area contributed by atoms with E-state index in [-0.39, 0.29) is 5.75 Å². The summed E-state index contributed by atoms with van der Waals surface area (Å²) in [6.07, 6.45) is 1.58. The molecule has 1 N–H and O–H groups in total. The zero-order chi connectivity index (χ0) is 23.8. The molecular weight excluding hydrogens is 587 g/mol. The fourth-order valence-corrected chi connectivity index (χ4v) is 4.34. The third-order valence-corrected chi connectivity index (χ3v) is 6.62. The van der Waals surface area contributed by atoms with Gasteiger partial charge in [0, 0.05) is 19.0 Å². The van der Waals surface area contributed by atoms with Crippen LogP contribution in [-0.4, -0.2) is 12.2 Å². The summed E-state index contributed by atoms with van der Waals surface area (Å²) in [6, 6.07) is 26.9. The van der Waals surface area contributed by atoms with Crippen molar-refractivity contribution in [2.75, 3.05) is 7.11 Å². The summed E-state index contributed by atoms with van der Waals surface area (Å²) >= 11 is 19.1. The molecule has 0 amide bonds. The molecule has 4 aromatic carbocycles. The molecule has 170 valence electrons. The van der Waals surface area contributed by atoms with Crippen LogP contribution in [-0.2, 0) is 12.8 Å². The number of phenolic OH excluding ortho intramolecular Hbond substituents is 1. The predicted octanol–water partition coefficient (Wildman–Crippen LogP) is 9.10. The van der Waals surface area contributed by atoms with Gasteiger partial charge in [-0.1, -0.05) is 79.3 Å². The quantitative estimate of drug-likeness (QED) is 0.245. The Kier molecular flexibility index (Phi) is 9.69. The van der Waals surface area contributed by atoms with E-state index < -0.39 is 0 Å². The third-order valence-electron chi connectivity index (χ3n) is 4.90. The number of phenols is 1. The molecule has 0 saturated heterocycles. The number of rotatable bonds is 5. The highest BCUT2D eigenvalue weighted by Gasteiger charge is 2.04. The van der Waals surface area contributed by atoms with Crippen LogP contribution < -0.4 is 4.74 Å². The van der Waals surface area contributed by atoms with Gasteiger partial charge in [-0.05, 0) is 95.8 Å². The summed E-state index contributed by atoms with van der Waals surface area (Å²) < 4.78 is 7.19. The molecular formula is C27H22Br2Cl2O2. The van der Waals surface area contributed by atoms with E-state index in [2.05, 4.69) is 44.0 Å². The molecule has 0 saturated carbocycles. The highest BCUT2D eigenvalue weighted by atomic mass is 79.9. The van der Waals surface area contributed by atoms with Gasteiger partial charge in [-0.25, -0.2) is 0 Å². The minimum Gasteiger partial charge on any atom is -0.508 e. The Morgan fingerprint density at radius 1 is 0.667 bits per heavy atom. The zero-order valence-electron chi connectivity index (χ0n) is 17.9. The number of benzene rings is 4. The number of hydrogen-bond donors (Lipinski definition) is 1. The van der Waals surface area contributed by atoms with Crippen molar-refractivity contribution in [2.24, 2.45) is 0 Å². The Morgan fingerprint density at radius 2 is 1.09 bits per heavy atom. The summed E-state index contributed by atoms with van der Waals surface area (Å²) in [5.74, 6) is 1.15. The van der Waals surface area contributed by atoms with Gasteiger partial charge < -0.3 is 9.84 Å². The van der Waals surface area contributed by atoms with E-state index in [9.17, 15) is 5.11 Å². The van der Waals surface area contributed by atoms with Crippen molar-refractivity contribution in [1.82, 2.24) is 0 Å². The Morgan fingerprint density at radius 3 is 1.52 bits per heavy atom. The molecule has 0 unspecified atom stereocenters. The van der Waals surface area contributed by atoms with Crippen LogP contribution in [0.3, 0.4) is 0 Å². The fraction of sp³-hybridized carbons (Fsp3) is 0.111. The lowest BCUT2D eigenvalue weighted by atomic mass is 10.1. The maximum atomic E-state index is 9.19. The maximum absolute atomic E-state index is 9.19. The van der Waals surface area contributed by atoms with Crippen LogP contribution in [0.4, 0.5) is 0 Å². The Hall–Kier alpha value is -1.98. The topological polar surface area (TPSA) is 29.5 Å². The molecule has 0 heterocycles. The molecule has 2 nitrogen and oxygen atoms in total. The molecule has 33 heavy (non-hydrogen) atoms. The zero-order valence-corrected chi connectivity index (χ0v) is 22.5. The lowest BCUT2D eigenvalue weighted by Crippen LogP contribution is -1.90. The van der Waals surface area contributed by atoms with Gasteiger partial charge in [0.15, 0.2) is 0 Å². The average Bonchev–Trinajstić information content (AvgIpc) is 2.81. The van der Waals surface area contributed by atoms with Crippen LogP contribution in [0.2, 0.25) is 10.0 Å². The van der Waals surface area contributed by atoms with Crippen LogP contribution in [0, 0.1) is 0 Å². The minimum atomic E-state index is 0.282. The van der Waals surface area contributed by atoms with Crippen molar-refractivity contribution in [3.05, 3.63) is 126 Å². The second-order valence-corrected chi connectivity index (χ2v) is 9.99. The smallest absolute Gasteiger partial charge is 0.118 e. The van der Waals surface area contributed by atoms with Gasteiger partial charge in [-0.2, -0.15) is 0 Å². The molecule has 0 radical (unpaired) electrons. The number of ether oxygens (including phenoxy) is 1. The van der Waals surface area contributed by atoms with Crippen LogP contribution in [0.25, 0.3) is 0 Å². The van der Waals surface area contributed by atoms with Crippen molar-refractivity contribution in [1.29, 1.82) is 0 Å². The van der Waals surface area contributed by atoms with Gasteiger partial charge in [0.05, 0.1) is 7.11 Å². The van der Waals surface area contributed by atoms with Crippen molar-refractivity contribution in [3.63, 3.8) is 0 Å². The average molecular weight is 609 g/mol. The molecule has 0 aromatic heterocycles. The molecule has 6 heteroatoms. The van der Waals surface area contributed by atoms with Crippen LogP contribution in [0.15, 0.2) is 93.9 Å². The molecule has 0 aliphatic carbocycles. The van der Waals surface area contributed by atoms with Gasteiger partial charge in [0.2, 0.25) is 0 Å². The second-order valence-electron chi connectivity index (χ2n) is 7.34. The van der Waals surface area contributed by atoms with Crippen LogP contribution in [0.5, 0.6) is 11.5 Å². The SMILES string of the molecule is COc1ccc(Cc2cc(Br)ccc2Cl)cc1.Oc1ccc(Cc2cc(Br)ccc2Cl)cc1. The third kappa shape index (κ3) is 8.08. The number of hydrogen-bond acceptors (Lipinski definition) is 2. The predicted molar refractivity (Wildman–Crippen MR) is 145 cm³/mol. The van der Waals surface area contributed by atoms with E-state index in [1.807, 2.05) is 60.7 Å². The normalized spacial score (nSPS) is 10.3. The number of methoxy groups -OCH3 is 1. The first-order valence-corrected chi connectivity index (χ1v) is 12.5. The van der Waals surface area contributed by atoms with Gasteiger partial charge in [-0.15, -0.1) is 0 Å². The fourth-order valence-electron chi connectivity index (χ4n) is 3.15. The minimum absolute atomic E-state index is 0.282. The molecule has 4 rings (SSSR count). The maximum Gasteiger partial charge on any atom is 0.118 e. The Bertz CT molecular complexity index is 1190.